The number of nitrogens with zero attached hydrogens (tertiary/aromatic N) is 2. The first-order valence-corrected chi connectivity index (χ1v) is 9.55. The Bertz CT molecular complexity index is 975. The van der Waals surface area contributed by atoms with E-state index in [0.717, 1.165) is 10.6 Å². The average molecular weight is 396 g/mol. The second-order valence-electron chi connectivity index (χ2n) is 5.93. The molecule has 0 atom stereocenters. The van der Waals surface area contributed by atoms with Crippen LogP contribution in [0.3, 0.4) is 0 Å². The molecule has 0 saturated heterocycles. The zero-order valence-corrected chi connectivity index (χ0v) is 16.4. The Hall–Kier alpha value is -3.03. The number of thiophene rings is 1. The van der Waals surface area contributed by atoms with Crippen molar-refractivity contribution in [3.05, 3.63) is 65.2 Å². The average Bonchev–Trinajstić information content (AvgIpc) is 3.36. The van der Waals surface area contributed by atoms with Crippen molar-refractivity contribution >= 4 is 29.2 Å². The van der Waals surface area contributed by atoms with E-state index in [1.54, 1.807) is 17.0 Å². The number of Topliss-reactive ketones (excluding diaryl/α,β-unsaturated/α-hetero) is 1. The number of esters is 1. The number of hydrogen-bond donors (Lipinski definition) is 0. The van der Waals surface area contributed by atoms with Crippen molar-refractivity contribution in [2.24, 2.45) is 0 Å². The molecule has 144 valence electrons. The minimum atomic E-state index is -0.672. The maximum absolute atomic E-state index is 12.3. The Balaban J connectivity index is 2.03. The maximum Gasteiger partial charge on any atom is 0.341 e. The van der Waals surface area contributed by atoms with Gasteiger partial charge in [0.25, 0.3) is 0 Å². The van der Waals surface area contributed by atoms with Crippen molar-refractivity contribution in [2.45, 2.75) is 6.92 Å². The van der Waals surface area contributed by atoms with Crippen molar-refractivity contribution in [3.8, 4) is 16.3 Å². The van der Waals surface area contributed by atoms with Gasteiger partial charge in [0.1, 0.15) is 17.9 Å². The highest BCUT2D eigenvalue weighted by Crippen LogP contribution is 2.29. The van der Waals surface area contributed by atoms with E-state index in [0.29, 0.717) is 11.3 Å². The quantitative estimate of drug-likeness (QED) is 0.191. The molecular formula is C21H20N2O4S. The molecule has 3 rings (SSSR count). The SMILES string of the molecule is COCCOC(=O)/C(=C/c1cn(-c2ccccc2)nc1-c1cccs1)C(C)=O. The van der Waals surface area contributed by atoms with Crippen molar-refractivity contribution in [1.29, 1.82) is 0 Å². The van der Waals surface area contributed by atoms with E-state index in [1.807, 2.05) is 47.8 Å². The number of ketones is 1. The van der Waals surface area contributed by atoms with E-state index in [-0.39, 0.29) is 24.6 Å². The Morgan fingerprint density at radius 3 is 2.57 bits per heavy atom. The standard InChI is InChI=1S/C21H20N2O4S/c1-15(24)18(21(25)27-11-10-26-2)13-16-14-23(17-7-4-3-5-8-17)22-20(16)19-9-6-12-28-19/h3-9,12-14H,10-11H2,1-2H3/b18-13+. The molecule has 3 aromatic rings. The molecule has 0 aliphatic carbocycles. The molecule has 2 aromatic heterocycles. The normalized spacial score (nSPS) is 11.4. The van der Waals surface area contributed by atoms with E-state index in [1.165, 1.54) is 25.4 Å². The number of aromatic nitrogens is 2. The summed E-state index contributed by atoms with van der Waals surface area (Å²) in [5, 5.41) is 6.62. The van der Waals surface area contributed by atoms with E-state index in [4.69, 9.17) is 9.47 Å². The van der Waals surface area contributed by atoms with Crippen LogP contribution in [0.4, 0.5) is 0 Å². The summed E-state index contributed by atoms with van der Waals surface area (Å²) >= 11 is 1.54. The van der Waals surface area contributed by atoms with Crippen LogP contribution in [0.15, 0.2) is 59.6 Å². The Kier molecular flexibility index (Phi) is 6.52. The molecular weight excluding hydrogens is 376 g/mol. The maximum atomic E-state index is 12.3. The van der Waals surface area contributed by atoms with Crippen LogP contribution in [-0.2, 0) is 19.1 Å². The van der Waals surface area contributed by atoms with Crippen molar-refractivity contribution < 1.29 is 19.1 Å². The van der Waals surface area contributed by atoms with Gasteiger partial charge in [0.2, 0.25) is 0 Å². The van der Waals surface area contributed by atoms with Crippen LogP contribution in [0.5, 0.6) is 0 Å². The number of benzene rings is 1. The molecule has 0 radical (unpaired) electrons. The summed E-state index contributed by atoms with van der Waals surface area (Å²) in [6, 6.07) is 13.5. The first kappa shape index (κ1) is 19.7. The van der Waals surface area contributed by atoms with Crippen molar-refractivity contribution in [3.63, 3.8) is 0 Å². The first-order valence-electron chi connectivity index (χ1n) is 8.68. The molecule has 0 amide bonds. The molecule has 0 saturated carbocycles. The highest BCUT2D eigenvalue weighted by Gasteiger charge is 2.19. The van der Waals surface area contributed by atoms with Gasteiger partial charge in [-0.3, -0.25) is 4.79 Å². The molecule has 0 bridgehead atoms. The fraction of sp³-hybridized carbons (Fsp3) is 0.190. The second kappa shape index (κ2) is 9.25. The topological polar surface area (TPSA) is 70.4 Å². The highest BCUT2D eigenvalue weighted by atomic mass is 32.1. The zero-order chi connectivity index (χ0) is 19.9. The summed E-state index contributed by atoms with van der Waals surface area (Å²) in [6.07, 6.45) is 3.34. The van der Waals surface area contributed by atoms with Gasteiger partial charge in [-0.15, -0.1) is 11.3 Å². The van der Waals surface area contributed by atoms with Crippen molar-refractivity contribution in [2.75, 3.05) is 20.3 Å². The van der Waals surface area contributed by atoms with Gasteiger partial charge in [-0.25, -0.2) is 9.48 Å². The number of carbonyl (C=O) groups is 2. The third kappa shape index (κ3) is 4.62. The highest BCUT2D eigenvalue weighted by molar-refractivity contribution is 7.13. The molecule has 2 heterocycles. The van der Waals surface area contributed by atoms with Crippen LogP contribution in [0.25, 0.3) is 22.3 Å². The lowest BCUT2D eigenvalue weighted by Crippen LogP contribution is -2.16. The van der Waals surface area contributed by atoms with Gasteiger partial charge < -0.3 is 9.47 Å². The second-order valence-corrected chi connectivity index (χ2v) is 6.88. The van der Waals surface area contributed by atoms with Crippen LogP contribution < -0.4 is 0 Å². The van der Waals surface area contributed by atoms with Crippen LogP contribution in [0.1, 0.15) is 12.5 Å². The van der Waals surface area contributed by atoms with Gasteiger partial charge in [0.05, 0.1) is 17.2 Å². The molecule has 0 unspecified atom stereocenters. The minimum Gasteiger partial charge on any atom is -0.460 e. The van der Waals surface area contributed by atoms with Gasteiger partial charge >= 0.3 is 5.97 Å². The number of ether oxygens (including phenoxy) is 2. The third-order valence-electron chi connectivity index (χ3n) is 3.94. The van der Waals surface area contributed by atoms with Crippen LogP contribution in [-0.4, -0.2) is 41.9 Å². The van der Waals surface area contributed by atoms with Gasteiger partial charge in [0, 0.05) is 18.9 Å². The number of hydrogen-bond acceptors (Lipinski definition) is 6. The monoisotopic (exact) mass is 396 g/mol. The lowest BCUT2D eigenvalue weighted by atomic mass is 10.1. The molecule has 0 fully saturated rings. The molecule has 0 spiro atoms. The summed E-state index contributed by atoms with van der Waals surface area (Å²) in [5.41, 5.74) is 2.22. The number of methoxy groups -OCH3 is 1. The van der Waals surface area contributed by atoms with Gasteiger partial charge in [-0.2, -0.15) is 5.10 Å². The van der Waals surface area contributed by atoms with Crippen LogP contribution in [0.2, 0.25) is 0 Å². The Morgan fingerprint density at radius 1 is 1.14 bits per heavy atom. The molecule has 0 N–H and O–H groups in total. The van der Waals surface area contributed by atoms with Gasteiger partial charge in [-0.05, 0) is 36.6 Å². The van der Waals surface area contributed by atoms with E-state index >= 15 is 0 Å². The van der Waals surface area contributed by atoms with Crippen LogP contribution >= 0.6 is 11.3 Å². The predicted octanol–water partition coefficient (Wildman–Crippen LogP) is 3.76. The fourth-order valence-corrected chi connectivity index (χ4v) is 3.30. The number of para-hydroxylation sites is 1. The Morgan fingerprint density at radius 2 is 1.93 bits per heavy atom. The zero-order valence-electron chi connectivity index (χ0n) is 15.6. The number of carbonyl (C=O) groups excluding carboxylic acids is 2. The van der Waals surface area contributed by atoms with E-state index in [2.05, 4.69) is 5.10 Å². The lowest BCUT2D eigenvalue weighted by molar-refractivity contribution is -0.141. The summed E-state index contributed by atoms with van der Waals surface area (Å²) in [6.45, 7) is 1.69. The fourth-order valence-electron chi connectivity index (χ4n) is 2.57. The van der Waals surface area contributed by atoms with Crippen molar-refractivity contribution in [1.82, 2.24) is 9.78 Å². The summed E-state index contributed by atoms with van der Waals surface area (Å²) in [7, 11) is 1.51. The molecule has 7 heteroatoms. The molecule has 6 nitrogen and oxygen atoms in total. The molecule has 0 aliphatic rings. The largest absolute Gasteiger partial charge is 0.460 e. The molecule has 28 heavy (non-hydrogen) atoms. The molecule has 1 aromatic carbocycles. The minimum absolute atomic E-state index is 0.0264. The van der Waals surface area contributed by atoms with Crippen LogP contribution in [0, 0.1) is 0 Å². The summed E-state index contributed by atoms with van der Waals surface area (Å²) in [5.74, 6) is -1.04. The van der Waals surface area contributed by atoms with E-state index < -0.39 is 5.97 Å². The predicted molar refractivity (Wildman–Crippen MR) is 108 cm³/mol. The Labute approximate surface area is 167 Å². The van der Waals surface area contributed by atoms with Gasteiger partial charge in [0.15, 0.2) is 5.78 Å². The summed E-state index contributed by atoms with van der Waals surface area (Å²) < 4.78 is 11.7. The third-order valence-corrected chi connectivity index (χ3v) is 4.81. The smallest absolute Gasteiger partial charge is 0.341 e. The molecule has 0 aliphatic heterocycles. The first-order chi connectivity index (χ1) is 13.6. The van der Waals surface area contributed by atoms with E-state index in [9.17, 15) is 9.59 Å². The summed E-state index contributed by atoms with van der Waals surface area (Å²) in [4.78, 5) is 25.4. The van der Waals surface area contributed by atoms with Gasteiger partial charge in [-0.1, -0.05) is 24.3 Å². The number of rotatable bonds is 8. The lowest BCUT2D eigenvalue weighted by Gasteiger charge is -2.05.